The molecule has 0 aromatic carbocycles. The third-order valence-corrected chi connectivity index (χ3v) is 4.75. The Bertz CT molecular complexity index is 826. The van der Waals surface area contributed by atoms with Gasteiger partial charge in [-0.25, -0.2) is 9.97 Å². The van der Waals surface area contributed by atoms with E-state index >= 15 is 0 Å². The lowest BCUT2D eigenvalue weighted by Crippen LogP contribution is -2.54. The Morgan fingerprint density at radius 3 is 2.46 bits per heavy atom. The van der Waals surface area contributed by atoms with Gasteiger partial charge in [0.1, 0.15) is 17.7 Å². The van der Waals surface area contributed by atoms with Crippen LogP contribution in [0.15, 0.2) is 28.9 Å². The molecule has 1 fully saturated rings. The van der Waals surface area contributed by atoms with Crippen LogP contribution in [0.2, 0.25) is 0 Å². The molecular formula is C20H27N5O3. The Labute approximate surface area is 164 Å². The molecule has 0 radical (unpaired) electrons. The first-order valence-corrected chi connectivity index (χ1v) is 9.59. The largest absolute Gasteiger partial charge is 0.459 e. The van der Waals surface area contributed by atoms with Crippen LogP contribution in [-0.4, -0.2) is 58.9 Å². The predicted molar refractivity (Wildman–Crippen MR) is 105 cm³/mol. The number of hydrogen-bond donors (Lipinski definition) is 1. The van der Waals surface area contributed by atoms with E-state index in [0.29, 0.717) is 26.2 Å². The van der Waals surface area contributed by atoms with Gasteiger partial charge in [0.25, 0.3) is 5.91 Å². The van der Waals surface area contributed by atoms with Crippen LogP contribution in [0.5, 0.6) is 0 Å². The molecule has 0 spiro atoms. The molecule has 0 unspecified atom stereocenters. The van der Waals surface area contributed by atoms with Crippen molar-refractivity contribution in [2.75, 3.05) is 31.1 Å². The second-order valence-electron chi connectivity index (χ2n) is 7.37. The van der Waals surface area contributed by atoms with Crippen LogP contribution in [0.3, 0.4) is 0 Å². The van der Waals surface area contributed by atoms with Gasteiger partial charge >= 0.3 is 0 Å². The van der Waals surface area contributed by atoms with Crippen molar-refractivity contribution < 1.29 is 14.0 Å². The summed E-state index contributed by atoms with van der Waals surface area (Å²) in [4.78, 5) is 37.9. The zero-order valence-electron chi connectivity index (χ0n) is 16.8. The van der Waals surface area contributed by atoms with Gasteiger partial charge in [0.05, 0.1) is 6.26 Å². The minimum absolute atomic E-state index is 0.0960. The maximum Gasteiger partial charge on any atom is 0.287 e. The minimum Gasteiger partial charge on any atom is -0.459 e. The molecule has 3 heterocycles. The highest BCUT2D eigenvalue weighted by atomic mass is 16.3. The second-order valence-corrected chi connectivity index (χ2v) is 7.37. The highest BCUT2D eigenvalue weighted by Crippen LogP contribution is 2.19. The zero-order valence-corrected chi connectivity index (χ0v) is 16.8. The molecule has 1 saturated heterocycles. The van der Waals surface area contributed by atoms with Gasteiger partial charge in [-0.1, -0.05) is 13.8 Å². The van der Waals surface area contributed by atoms with Crippen LogP contribution in [0, 0.1) is 6.92 Å². The number of aryl methyl sites for hydroxylation is 1. The molecule has 8 nitrogen and oxygen atoms in total. The zero-order chi connectivity index (χ0) is 20.3. The third kappa shape index (κ3) is 4.49. The average Bonchev–Trinajstić information content (AvgIpc) is 3.22. The summed E-state index contributed by atoms with van der Waals surface area (Å²) >= 11 is 0. The van der Waals surface area contributed by atoms with Gasteiger partial charge in [-0.15, -0.1) is 0 Å². The van der Waals surface area contributed by atoms with E-state index in [9.17, 15) is 9.59 Å². The topological polar surface area (TPSA) is 91.6 Å². The molecule has 2 amide bonds. The normalized spacial score (nSPS) is 15.6. The summed E-state index contributed by atoms with van der Waals surface area (Å²) in [6, 6.07) is 4.58. The van der Waals surface area contributed by atoms with Gasteiger partial charge in [0.15, 0.2) is 5.76 Å². The van der Waals surface area contributed by atoms with E-state index in [1.165, 1.54) is 6.26 Å². The van der Waals surface area contributed by atoms with E-state index in [1.807, 2.05) is 13.0 Å². The quantitative estimate of drug-likeness (QED) is 0.846. The van der Waals surface area contributed by atoms with Crippen molar-refractivity contribution >= 4 is 17.6 Å². The van der Waals surface area contributed by atoms with Crippen molar-refractivity contribution in [2.24, 2.45) is 0 Å². The van der Waals surface area contributed by atoms with Crippen molar-refractivity contribution in [3.8, 4) is 0 Å². The summed E-state index contributed by atoms with van der Waals surface area (Å²) in [6.45, 7) is 10.4. The van der Waals surface area contributed by atoms with Crippen LogP contribution >= 0.6 is 0 Å². The first-order chi connectivity index (χ1) is 13.3. The highest BCUT2D eigenvalue weighted by Gasteiger charge is 2.27. The number of furan rings is 1. The van der Waals surface area contributed by atoms with Crippen molar-refractivity contribution in [1.29, 1.82) is 0 Å². The van der Waals surface area contributed by atoms with Crippen LogP contribution in [-0.2, 0) is 4.79 Å². The molecule has 0 bridgehead atoms. The van der Waals surface area contributed by atoms with E-state index < -0.39 is 6.04 Å². The lowest BCUT2D eigenvalue weighted by molar-refractivity contribution is -0.133. The molecule has 2 aromatic heterocycles. The number of anilines is 1. The van der Waals surface area contributed by atoms with Gasteiger partial charge in [-0.05, 0) is 26.0 Å². The standard InChI is InChI=1S/C20H27N5O3/c1-13(2)18-21-14(3)12-17(23-18)24-7-9-25(10-8-24)20(27)15(4)22-19(26)16-6-5-11-28-16/h5-6,11-13,15H,7-10H2,1-4H3,(H,22,26)/t15-/m0/s1. The summed E-state index contributed by atoms with van der Waals surface area (Å²) in [7, 11) is 0. The number of rotatable bonds is 5. The number of nitrogens with one attached hydrogen (secondary N) is 1. The number of hydrogen-bond acceptors (Lipinski definition) is 6. The summed E-state index contributed by atoms with van der Waals surface area (Å²) in [5.41, 5.74) is 0.946. The van der Waals surface area contributed by atoms with Crippen molar-refractivity contribution in [3.63, 3.8) is 0 Å². The first-order valence-electron chi connectivity index (χ1n) is 9.59. The lowest BCUT2D eigenvalue weighted by atomic mass is 10.2. The van der Waals surface area contributed by atoms with Gasteiger partial charge in [0.2, 0.25) is 5.91 Å². The number of carbonyl (C=O) groups is 2. The Hall–Kier alpha value is -2.90. The Morgan fingerprint density at radius 1 is 1.14 bits per heavy atom. The minimum atomic E-state index is -0.613. The molecular weight excluding hydrogens is 358 g/mol. The van der Waals surface area contributed by atoms with Gasteiger partial charge in [-0.3, -0.25) is 9.59 Å². The van der Waals surface area contributed by atoms with E-state index in [2.05, 4.69) is 34.0 Å². The summed E-state index contributed by atoms with van der Waals surface area (Å²) < 4.78 is 5.06. The summed E-state index contributed by atoms with van der Waals surface area (Å²) in [5.74, 6) is 1.72. The van der Waals surface area contributed by atoms with Gasteiger partial charge < -0.3 is 19.5 Å². The predicted octanol–water partition coefficient (Wildman–Crippen LogP) is 1.97. The maximum absolute atomic E-state index is 12.7. The van der Waals surface area contributed by atoms with E-state index in [0.717, 1.165) is 17.3 Å². The van der Waals surface area contributed by atoms with Crippen LogP contribution in [0.1, 0.15) is 48.8 Å². The monoisotopic (exact) mass is 385 g/mol. The van der Waals surface area contributed by atoms with Crippen LogP contribution < -0.4 is 10.2 Å². The van der Waals surface area contributed by atoms with Crippen LogP contribution in [0.25, 0.3) is 0 Å². The fourth-order valence-electron chi connectivity index (χ4n) is 3.16. The molecule has 28 heavy (non-hydrogen) atoms. The SMILES string of the molecule is Cc1cc(N2CCN(C(=O)[C@H](C)NC(=O)c3ccco3)CC2)nc(C(C)C)n1. The fraction of sp³-hybridized carbons (Fsp3) is 0.500. The Kier molecular flexibility index (Phi) is 5.96. The Morgan fingerprint density at radius 2 is 1.86 bits per heavy atom. The number of carbonyl (C=O) groups excluding carboxylic acids is 2. The number of nitrogens with zero attached hydrogens (tertiary/aromatic N) is 4. The van der Waals surface area contributed by atoms with Gasteiger partial charge in [-0.2, -0.15) is 0 Å². The van der Waals surface area contributed by atoms with E-state index in [-0.39, 0.29) is 23.5 Å². The molecule has 0 saturated carbocycles. The highest BCUT2D eigenvalue weighted by molar-refractivity contribution is 5.95. The van der Waals surface area contributed by atoms with E-state index in [1.54, 1.807) is 24.0 Å². The van der Waals surface area contributed by atoms with Crippen molar-refractivity contribution in [3.05, 3.63) is 41.7 Å². The van der Waals surface area contributed by atoms with Crippen LogP contribution in [0.4, 0.5) is 5.82 Å². The molecule has 150 valence electrons. The second kappa shape index (κ2) is 8.41. The average molecular weight is 385 g/mol. The molecule has 2 aromatic rings. The van der Waals surface area contributed by atoms with Crippen molar-refractivity contribution in [2.45, 2.75) is 39.7 Å². The number of piperazine rings is 1. The van der Waals surface area contributed by atoms with Gasteiger partial charge in [0, 0.05) is 43.9 Å². The molecule has 8 heteroatoms. The lowest BCUT2D eigenvalue weighted by Gasteiger charge is -2.36. The Balaban J connectivity index is 1.57. The number of aromatic nitrogens is 2. The smallest absolute Gasteiger partial charge is 0.287 e. The molecule has 1 N–H and O–H groups in total. The molecule has 1 aliphatic rings. The van der Waals surface area contributed by atoms with E-state index in [4.69, 9.17) is 4.42 Å². The maximum atomic E-state index is 12.7. The molecule has 3 rings (SSSR count). The summed E-state index contributed by atoms with van der Waals surface area (Å²) in [5, 5.41) is 2.69. The molecule has 0 aliphatic carbocycles. The third-order valence-electron chi connectivity index (χ3n) is 4.75. The van der Waals surface area contributed by atoms with Crippen molar-refractivity contribution in [1.82, 2.24) is 20.2 Å². The fourth-order valence-corrected chi connectivity index (χ4v) is 3.16. The summed E-state index contributed by atoms with van der Waals surface area (Å²) in [6.07, 6.45) is 1.43. The first kappa shape index (κ1) is 19.9. The number of amides is 2. The molecule has 1 atom stereocenters. The molecule has 1 aliphatic heterocycles.